The molecule has 0 saturated carbocycles. The highest BCUT2D eigenvalue weighted by Gasteiger charge is 2.30. The highest BCUT2D eigenvalue weighted by Crippen LogP contribution is 2.52. The number of rotatable bonds is 4. The van der Waals surface area contributed by atoms with Crippen LogP contribution in [0.2, 0.25) is 0 Å². The molecule has 0 radical (unpaired) electrons. The number of nitriles is 4. The number of hydrogen-bond donors (Lipinski definition) is 0. The van der Waals surface area contributed by atoms with Gasteiger partial charge in [0.15, 0.2) is 0 Å². The first-order chi connectivity index (χ1) is 25.7. The van der Waals surface area contributed by atoms with Crippen LogP contribution in [-0.2, 0) is 0 Å². The van der Waals surface area contributed by atoms with E-state index < -0.39 is 0 Å². The Balaban J connectivity index is 1.69. The summed E-state index contributed by atoms with van der Waals surface area (Å²) in [5, 5.41) is 44.8. The molecule has 0 atom stereocenters. The lowest BCUT2D eigenvalue weighted by Gasteiger charge is -2.19. The number of aromatic nitrogens is 2. The molecule has 0 unspecified atom stereocenters. The molecular formula is C46H24N6. The third kappa shape index (κ3) is 4.33. The van der Waals surface area contributed by atoms with E-state index in [0.717, 1.165) is 66.1 Å². The second-order valence-electron chi connectivity index (χ2n) is 12.5. The number of benzene rings is 7. The topological polar surface area (TPSA) is 105 Å². The van der Waals surface area contributed by atoms with Crippen LogP contribution in [0.15, 0.2) is 146 Å². The highest BCUT2D eigenvalue weighted by molar-refractivity contribution is 6.33. The van der Waals surface area contributed by atoms with Crippen molar-refractivity contribution in [3.05, 3.63) is 168 Å². The van der Waals surface area contributed by atoms with Gasteiger partial charge in [-0.25, -0.2) is 0 Å². The van der Waals surface area contributed by atoms with Crippen molar-refractivity contribution >= 4 is 43.6 Å². The molecule has 0 aliphatic heterocycles. The quantitative estimate of drug-likeness (QED) is 0.187. The number of para-hydroxylation sites is 4. The van der Waals surface area contributed by atoms with Gasteiger partial charge in [-0.1, -0.05) is 84.9 Å². The molecule has 9 aromatic rings. The SMILES string of the molecule is N#Cc1ccc(-c2c3c4ccccc4n(-c4ccccc4)c3c(-c3ccc(C#N)cc3C#N)c3c4ccccc4n(-c4ccccc4)c23)c(C#N)c1. The van der Waals surface area contributed by atoms with E-state index in [1.54, 1.807) is 24.3 Å². The van der Waals surface area contributed by atoms with Crippen molar-refractivity contribution in [3.8, 4) is 57.9 Å². The van der Waals surface area contributed by atoms with Gasteiger partial charge in [-0.15, -0.1) is 0 Å². The van der Waals surface area contributed by atoms with Gasteiger partial charge < -0.3 is 9.13 Å². The van der Waals surface area contributed by atoms with E-state index in [9.17, 15) is 21.0 Å². The number of hydrogen-bond acceptors (Lipinski definition) is 4. The average Bonchev–Trinajstić information content (AvgIpc) is 3.74. The van der Waals surface area contributed by atoms with Crippen molar-refractivity contribution in [2.75, 3.05) is 0 Å². The van der Waals surface area contributed by atoms with Gasteiger partial charge in [0.1, 0.15) is 0 Å². The van der Waals surface area contributed by atoms with Crippen LogP contribution in [-0.4, -0.2) is 9.13 Å². The van der Waals surface area contributed by atoms with Crippen LogP contribution in [0, 0.1) is 45.3 Å². The first kappa shape index (κ1) is 30.2. The lowest BCUT2D eigenvalue weighted by molar-refractivity contribution is 1.17. The molecule has 2 aromatic heterocycles. The Morgan fingerprint density at radius 1 is 0.385 bits per heavy atom. The van der Waals surface area contributed by atoms with Crippen molar-refractivity contribution in [3.63, 3.8) is 0 Å². The molecule has 0 saturated heterocycles. The van der Waals surface area contributed by atoms with Crippen LogP contribution in [0.25, 0.3) is 77.2 Å². The maximum atomic E-state index is 10.7. The van der Waals surface area contributed by atoms with Gasteiger partial charge in [0.05, 0.1) is 68.6 Å². The fourth-order valence-electron chi connectivity index (χ4n) is 7.76. The van der Waals surface area contributed by atoms with Gasteiger partial charge >= 0.3 is 0 Å². The lowest BCUT2D eigenvalue weighted by atomic mass is 9.86. The molecule has 6 nitrogen and oxygen atoms in total. The summed E-state index contributed by atoms with van der Waals surface area (Å²) >= 11 is 0. The monoisotopic (exact) mass is 660 g/mol. The van der Waals surface area contributed by atoms with Gasteiger partial charge in [-0.3, -0.25) is 0 Å². The second-order valence-corrected chi connectivity index (χ2v) is 12.5. The molecule has 9 rings (SSSR count). The minimum Gasteiger partial charge on any atom is -0.309 e. The zero-order valence-corrected chi connectivity index (χ0v) is 27.5. The Morgan fingerprint density at radius 3 is 1.15 bits per heavy atom. The summed E-state index contributed by atoms with van der Waals surface area (Å²) in [4.78, 5) is 0. The van der Waals surface area contributed by atoms with Crippen LogP contribution in [0.5, 0.6) is 0 Å². The van der Waals surface area contributed by atoms with E-state index in [4.69, 9.17) is 0 Å². The first-order valence-corrected chi connectivity index (χ1v) is 16.7. The van der Waals surface area contributed by atoms with E-state index in [1.165, 1.54) is 0 Å². The molecular weight excluding hydrogens is 637 g/mol. The molecule has 6 heteroatoms. The number of nitrogens with zero attached hydrogens (tertiary/aromatic N) is 6. The average molecular weight is 661 g/mol. The first-order valence-electron chi connectivity index (χ1n) is 16.7. The Labute approximate surface area is 298 Å². The van der Waals surface area contributed by atoms with Crippen LogP contribution in [0.3, 0.4) is 0 Å². The van der Waals surface area contributed by atoms with E-state index in [2.05, 4.69) is 81.9 Å². The zero-order valence-electron chi connectivity index (χ0n) is 27.5. The molecule has 0 bridgehead atoms. The van der Waals surface area contributed by atoms with E-state index >= 15 is 0 Å². The van der Waals surface area contributed by atoms with Gasteiger partial charge in [0, 0.05) is 55.2 Å². The van der Waals surface area contributed by atoms with Crippen LogP contribution < -0.4 is 0 Å². The van der Waals surface area contributed by atoms with E-state index in [-0.39, 0.29) is 0 Å². The molecule has 52 heavy (non-hydrogen) atoms. The van der Waals surface area contributed by atoms with Crippen LogP contribution >= 0.6 is 0 Å². The number of fused-ring (bicyclic) bond motifs is 6. The molecule has 0 aliphatic rings. The minimum atomic E-state index is 0.381. The summed E-state index contributed by atoms with van der Waals surface area (Å²) < 4.78 is 4.49. The Hall–Kier alpha value is -7.90. The van der Waals surface area contributed by atoms with Crippen molar-refractivity contribution in [2.24, 2.45) is 0 Å². The summed E-state index contributed by atoms with van der Waals surface area (Å²) in [7, 11) is 0. The predicted octanol–water partition coefficient (Wildman–Crippen LogP) is 10.7. The molecule has 0 aliphatic carbocycles. The van der Waals surface area contributed by atoms with E-state index in [1.807, 2.05) is 72.8 Å². The summed E-state index contributed by atoms with van der Waals surface area (Å²) in [6.07, 6.45) is 0. The summed E-state index contributed by atoms with van der Waals surface area (Å²) in [5.41, 5.74) is 10.1. The lowest BCUT2D eigenvalue weighted by Crippen LogP contribution is -2.01. The molecule has 0 amide bonds. The molecule has 7 aromatic carbocycles. The fraction of sp³-hybridized carbons (Fsp3) is 0. The smallest absolute Gasteiger partial charge is 0.0998 e. The predicted molar refractivity (Wildman–Crippen MR) is 205 cm³/mol. The van der Waals surface area contributed by atoms with Crippen molar-refractivity contribution in [2.45, 2.75) is 0 Å². The standard InChI is InChI=1S/C46H24N6/c47-25-29-19-21-35(31(23-29)27-49)41-44-38-16-8-10-18-40(38)52(34-13-5-2-6-14-34)46(44)42(36-22-20-30(26-48)24-32(36)28-50)43-37-15-7-9-17-39(37)51(45(41)43)33-11-3-1-4-12-33/h1-24H. The third-order valence-electron chi connectivity index (χ3n) is 9.83. The maximum Gasteiger partial charge on any atom is 0.0998 e. The van der Waals surface area contributed by atoms with Crippen LogP contribution in [0.1, 0.15) is 22.3 Å². The fourth-order valence-corrected chi connectivity index (χ4v) is 7.76. The molecule has 2 heterocycles. The minimum absolute atomic E-state index is 0.381. The summed E-state index contributed by atoms with van der Waals surface area (Å²) in [6, 6.07) is 56.6. The molecule has 0 spiro atoms. The largest absolute Gasteiger partial charge is 0.309 e. The Morgan fingerprint density at radius 2 is 0.769 bits per heavy atom. The highest BCUT2D eigenvalue weighted by atomic mass is 15.0. The van der Waals surface area contributed by atoms with Crippen molar-refractivity contribution in [1.29, 1.82) is 21.0 Å². The summed E-state index contributed by atoms with van der Waals surface area (Å²) in [5.74, 6) is 0. The Bertz CT molecular complexity index is 2890. The molecule has 0 N–H and O–H groups in total. The normalized spacial score (nSPS) is 11.0. The third-order valence-corrected chi connectivity index (χ3v) is 9.83. The van der Waals surface area contributed by atoms with Gasteiger partial charge in [-0.05, 0) is 60.7 Å². The zero-order chi connectivity index (χ0) is 35.3. The van der Waals surface area contributed by atoms with E-state index in [0.29, 0.717) is 33.4 Å². The van der Waals surface area contributed by atoms with Gasteiger partial charge in [0.2, 0.25) is 0 Å². The maximum absolute atomic E-state index is 10.7. The summed E-state index contributed by atoms with van der Waals surface area (Å²) in [6.45, 7) is 0. The Kier molecular flexibility index (Phi) is 6.91. The van der Waals surface area contributed by atoms with Gasteiger partial charge in [-0.2, -0.15) is 21.0 Å². The molecule has 238 valence electrons. The van der Waals surface area contributed by atoms with Crippen LogP contribution in [0.4, 0.5) is 0 Å². The van der Waals surface area contributed by atoms with Crippen molar-refractivity contribution < 1.29 is 0 Å². The second kappa shape index (κ2) is 11.9. The van der Waals surface area contributed by atoms with Gasteiger partial charge in [0.25, 0.3) is 0 Å². The molecule has 0 fully saturated rings. The van der Waals surface area contributed by atoms with Crippen molar-refractivity contribution in [1.82, 2.24) is 9.13 Å².